The zero-order valence-corrected chi connectivity index (χ0v) is 8.00. The molecule has 0 aromatic rings. The van der Waals surface area contributed by atoms with Crippen molar-refractivity contribution in [2.75, 3.05) is 0 Å². The second kappa shape index (κ2) is 17.5. The van der Waals surface area contributed by atoms with Gasteiger partial charge in [0.1, 0.15) is 0 Å². The van der Waals surface area contributed by atoms with Gasteiger partial charge in [-0.15, -0.1) is 0 Å². The van der Waals surface area contributed by atoms with Gasteiger partial charge in [-0.2, -0.15) is 5.26 Å². The Labute approximate surface area is 61.3 Å². The normalized spacial score (nSPS) is 3.33. The summed E-state index contributed by atoms with van der Waals surface area (Å²) in [6.45, 7) is 3.24. The van der Waals surface area contributed by atoms with E-state index in [1.54, 1.807) is 0 Å². The van der Waals surface area contributed by atoms with E-state index in [0.29, 0.717) is 6.42 Å². The van der Waals surface area contributed by atoms with Crippen LogP contribution in [-0.2, 0) is 19.5 Å². The fourth-order valence-electron chi connectivity index (χ4n) is 0. The molecule has 0 heterocycles. The summed E-state index contributed by atoms with van der Waals surface area (Å²) in [5, 5.41) is 7.56. The summed E-state index contributed by atoms with van der Waals surface area (Å²) in [6.07, 6.45) is 0.375. The largest absolute Gasteiger partial charge is 1.00 e. The molecule has 0 saturated carbocycles. The standard InChI is InChI=1S/C3H4N.BrH.Zn/c1-2-3-4;;/h1-2H2;1H;/p-1. The van der Waals surface area contributed by atoms with Gasteiger partial charge >= 0.3 is 0 Å². The number of hydrogen-bond acceptors (Lipinski definition) is 1. The fourth-order valence-corrected chi connectivity index (χ4v) is 0. The van der Waals surface area contributed by atoms with Crippen molar-refractivity contribution in [3.05, 3.63) is 6.92 Å². The molecule has 0 saturated heterocycles. The molecule has 6 heavy (non-hydrogen) atoms. The van der Waals surface area contributed by atoms with E-state index in [-0.39, 0.29) is 36.5 Å². The molecule has 3 heteroatoms. The molecule has 0 bridgehead atoms. The van der Waals surface area contributed by atoms with Crippen LogP contribution < -0.4 is 17.0 Å². The topological polar surface area (TPSA) is 23.8 Å². The van der Waals surface area contributed by atoms with Crippen molar-refractivity contribution in [1.82, 2.24) is 0 Å². The van der Waals surface area contributed by atoms with Gasteiger partial charge in [0, 0.05) is 25.9 Å². The second-order valence-corrected chi connectivity index (χ2v) is 0.408. The Morgan fingerprint density at radius 2 is 1.83 bits per heavy atom. The van der Waals surface area contributed by atoms with Crippen LogP contribution in [0, 0.1) is 18.3 Å². The van der Waals surface area contributed by atoms with E-state index in [2.05, 4.69) is 6.92 Å². The molecule has 0 atom stereocenters. The van der Waals surface area contributed by atoms with Gasteiger partial charge < -0.3 is 17.0 Å². The molecule has 0 amide bonds. The molecule has 0 aromatic carbocycles. The summed E-state index contributed by atoms with van der Waals surface area (Å²) in [6, 6.07) is 1.82. The zero-order chi connectivity index (χ0) is 3.41. The van der Waals surface area contributed by atoms with E-state index in [1.807, 2.05) is 6.07 Å². The van der Waals surface area contributed by atoms with E-state index >= 15 is 0 Å². The molecule has 0 rings (SSSR count). The zero-order valence-electron chi connectivity index (χ0n) is 3.45. The fraction of sp³-hybridized carbons (Fsp3) is 0.333. The minimum absolute atomic E-state index is 0. The molecule has 0 unspecified atom stereocenters. The molecule has 1 nitrogen and oxygen atoms in total. The van der Waals surface area contributed by atoms with Crippen molar-refractivity contribution in [1.29, 1.82) is 5.26 Å². The van der Waals surface area contributed by atoms with E-state index in [1.165, 1.54) is 0 Å². The van der Waals surface area contributed by atoms with E-state index in [9.17, 15) is 0 Å². The van der Waals surface area contributed by atoms with Gasteiger partial charge in [0.25, 0.3) is 0 Å². The maximum absolute atomic E-state index is 7.56. The van der Waals surface area contributed by atoms with E-state index in [0.717, 1.165) is 0 Å². The maximum Gasteiger partial charge on any atom is 0.0621 e. The van der Waals surface area contributed by atoms with Crippen LogP contribution >= 0.6 is 0 Å². The van der Waals surface area contributed by atoms with Gasteiger partial charge in [-0.05, 0) is 6.92 Å². The first-order chi connectivity index (χ1) is 1.91. The van der Waals surface area contributed by atoms with Crippen LogP contribution in [0.15, 0.2) is 0 Å². The summed E-state index contributed by atoms with van der Waals surface area (Å²) < 4.78 is 0. The first kappa shape index (κ1) is 16.0. The quantitative estimate of drug-likeness (QED) is 0.404. The molecule has 0 aliphatic heterocycles. The third kappa shape index (κ3) is 23.4. The van der Waals surface area contributed by atoms with Crippen LogP contribution in [-0.4, -0.2) is 0 Å². The molecule has 31 valence electrons. The number of hydrogen-bond donors (Lipinski definition) is 0. The van der Waals surface area contributed by atoms with Crippen LogP contribution in [0.5, 0.6) is 0 Å². The van der Waals surface area contributed by atoms with Gasteiger partial charge in [0.2, 0.25) is 0 Å². The second-order valence-electron chi connectivity index (χ2n) is 0.408. The van der Waals surface area contributed by atoms with Crippen LogP contribution in [0.4, 0.5) is 0 Å². The van der Waals surface area contributed by atoms with E-state index in [4.69, 9.17) is 5.26 Å². The predicted molar refractivity (Wildman–Crippen MR) is 15.6 cm³/mol. The van der Waals surface area contributed by atoms with Crippen LogP contribution in [0.1, 0.15) is 6.42 Å². The summed E-state index contributed by atoms with van der Waals surface area (Å²) in [5.41, 5.74) is 0. The Kier molecular flexibility index (Phi) is 46.7. The first-order valence-electron chi connectivity index (χ1n) is 1.08. The molecule has 1 radical (unpaired) electrons. The van der Waals surface area contributed by atoms with Crippen LogP contribution in [0.3, 0.4) is 0 Å². The summed E-state index contributed by atoms with van der Waals surface area (Å²) in [5.74, 6) is 0. The average molecular weight is 199 g/mol. The third-order valence-corrected chi connectivity index (χ3v) is 0.112. The Morgan fingerprint density at radius 3 is 1.83 bits per heavy atom. The molecular formula is C3H4BrNZn-. The van der Waals surface area contributed by atoms with Gasteiger partial charge in [-0.25, -0.2) is 0 Å². The van der Waals surface area contributed by atoms with Crippen LogP contribution in [0.25, 0.3) is 0 Å². The Balaban J connectivity index is -0.0000000450. The molecule has 0 fully saturated rings. The van der Waals surface area contributed by atoms with Crippen molar-refractivity contribution < 1.29 is 36.5 Å². The number of nitrogens with zero attached hydrogens (tertiary/aromatic N) is 1. The smallest absolute Gasteiger partial charge is 0.0621 e. The van der Waals surface area contributed by atoms with Gasteiger partial charge in [0.15, 0.2) is 0 Å². The van der Waals surface area contributed by atoms with Crippen molar-refractivity contribution >= 4 is 0 Å². The predicted octanol–water partition coefficient (Wildman–Crippen LogP) is -2.26. The Bertz CT molecular complexity index is 40.5. The average Bonchev–Trinajstić information content (AvgIpc) is 1.37. The van der Waals surface area contributed by atoms with Gasteiger partial charge in [-0.3, -0.25) is 0 Å². The van der Waals surface area contributed by atoms with Crippen molar-refractivity contribution in [2.24, 2.45) is 0 Å². The van der Waals surface area contributed by atoms with Crippen molar-refractivity contribution in [3.8, 4) is 6.07 Å². The molecule has 0 spiro atoms. The molecule has 0 N–H and O–H groups in total. The monoisotopic (exact) mass is 197 g/mol. The summed E-state index contributed by atoms with van der Waals surface area (Å²) in [7, 11) is 0. The summed E-state index contributed by atoms with van der Waals surface area (Å²) >= 11 is 0. The Hall–Kier alpha value is 0.593. The number of nitriles is 1. The summed E-state index contributed by atoms with van der Waals surface area (Å²) in [4.78, 5) is 0. The molecule has 0 aliphatic carbocycles. The molecule has 0 aromatic heterocycles. The third-order valence-electron chi connectivity index (χ3n) is 0.112. The minimum atomic E-state index is 0. The maximum atomic E-state index is 7.56. The minimum Gasteiger partial charge on any atom is -1.00 e. The van der Waals surface area contributed by atoms with Gasteiger partial charge in [0.05, 0.1) is 6.07 Å². The SMILES string of the molecule is [Br-].[CH2]CC#N.[Zn]. The number of rotatable bonds is 0. The van der Waals surface area contributed by atoms with Crippen LogP contribution in [0.2, 0.25) is 0 Å². The molecule has 0 aliphatic rings. The Morgan fingerprint density at radius 1 is 1.67 bits per heavy atom. The first-order valence-corrected chi connectivity index (χ1v) is 1.08. The van der Waals surface area contributed by atoms with Crippen molar-refractivity contribution in [3.63, 3.8) is 0 Å². The number of halogens is 1. The van der Waals surface area contributed by atoms with Crippen molar-refractivity contribution in [2.45, 2.75) is 6.42 Å². The van der Waals surface area contributed by atoms with E-state index < -0.39 is 0 Å². The van der Waals surface area contributed by atoms with Gasteiger partial charge in [-0.1, -0.05) is 0 Å². The molecular weight excluding hydrogens is 195 g/mol.